The molecule has 0 spiro atoms. The van der Waals surface area contributed by atoms with E-state index in [9.17, 15) is 20.7 Å². The first kappa shape index (κ1) is 45.5. The van der Waals surface area contributed by atoms with E-state index < -0.39 is 0 Å². The number of hydrogen-bond donors (Lipinski definition) is 3. The van der Waals surface area contributed by atoms with Gasteiger partial charge in [-0.15, -0.1) is 0 Å². The van der Waals surface area contributed by atoms with Gasteiger partial charge in [0.2, 0.25) is 0 Å². The summed E-state index contributed by atoms with van der Waals surface area (Å²) in [5.74, 6) is 2.19. The second-order valence-electron chi connectivity index (χ2n) is 14.8. The number of benzene rings is 6. The molecule has 62 heavy (non-hydrogen) atoms. The van der Waals surface area contributed by atoms with Crippen molar-refractivity contribution in [1.82, 2.24) is 5.32 Å². The van der Waals surface area contributed by atoms with Crippen LogP contribution in [0.15, 0.2) is 109 Å². The van der Waals surface area contributed by atoms with Crippen LogP contribution < -0.4 is 24.3 Å². The van der Waals surface area contributed by atoms with Gasteiger partial charge in [0.05, 0.1) is 39.9 Å². The summed E-state index contributed by atoms with van der Waals surface area (Å²) in [5, 5.41) is 41.5. The molecule has 0 unspecified atom stereocenters. The number of aliphatic hydroxyl groups is 2. The maximum Gasteiger partial charge on any atom is 0.142 e. The summed E-state index contributed by atoms with van der Waals surface area (Å²) >= 11 is 13.6. The minimum absolute atomic E-state index is 0.00104. The van der Waals surface area contributed by atoms with Gasteiger partial charge in [0.1, 0.15) is 49.4 Å². The van der Waals surface area contributed by atoms with Crippen molar-refractivity contribution < 1.29 is 29.2 Å². The quantitative estimate of drug-likeness (QED) is 0.0604. The van der Waals surface area contributed by atoms with E-state index in [0.29, 0.717) is 70.1 Å². The summed E-state index contributed by atoms with van der Waals surface area (Å²) in [6.07, 6.45) is 2.11. The van der Waals surface area contributed by atoms with Crippen LogP contribution in [-0.4, -0.2) is 30.0 Å². The standard InChI is InChI=1S/C51H49Cl2N3O6/c1-34-41(32-61-50-25-48(40(23-46(50)52)13-3-4-19-57)59-30-38-11-5-9-36(21-38)27-54)14-7-16-44(34)45-17-8-15-42(35(45)2)33-62-51-26-49(43(24-47(51)53)29-56-18-20-58)60-31-39-12-6-10-37(22-39)28-55/h5-12,14-17,21-26,56-58H,3-4,13,18-20,29-33H2,1-2H3. The monoisotopic (exact) mass is 869 g/mol. The fourth-order valence-electron chi connectivity index (χ4n) is 7.06. The van der Waals surface area contributed by atoms with E-state index in [4.69, 9.17) is 42.1 Å². The van der Waals surface area contributed by atoms with Crippen LogP contribution in [-0.2, 0) is 39.4 Å². The van der Waals surface area contributed by atoms with Crippen LogP contribution in [0.5, 0.6) is 23.0 Å². The van der Waals surface area contributed by atoms with Gasteiger partial charge in [-0.1, -0.05) is 83.9 Å². The molecule has 3 N–H and O–H groups in total. The Balaban J connectivity index is 1.18. The summed E-state index contributed by atoms with van der Waals surface area (Å²) in [6, 6.07) is 38.6. The molecule has 11 heteroatoms. The number of nitriles is 2. The number of ether oxygens (including phenoxy) is 4. The second kappa shape index (κ2) is 22.7. The number of aryl methyl sites for hydroxylation is 1. The molecule has 0 fully saturated rings. The van der Waals surface area contributed by atoms with E-state index in [-0.39, 0.29) is 39.6 Å². The maximum absolute atomic E-state index is 9.38. The molecule has 0 heterocycles. The van der Waals surface area contributed by atoms with E-state index in [1.165, 1.54) is 0 Å². The third-order valence-electron chi connectivity index (χ3n) is 10.5. The van der Waals surface area contributed by atoms with Crippen LogP contribution >= 0.6 is 23.2 Å². The highest BCUT2D eigenvalue weighted by molar-refractivity contribution is 6.32. The number of nitrogens with one attached hydrogen (secondary N) is 1. The molecule has 0 saturated carbocycles. The Kier molecular flexibility index (Phi) is 16.7. The SMILES string of the molecule is Cc1c(COc2cc(OCc3cccc(C#N)c3)c(CCCCO)cc2Cl)cccc1-c1cccc(COc2cc(OCc3cccc(C#N)c3)c(CNCCO)cc2Cl)c1C. The summed E-state index contributed by atoms with van der Waals surface area (Å²) in [4.78, 5) is 0. The zero-order valence-corrected chi connectivity index (χ0v) is 36.4. The first-order chi connectivity index (χ1) is 30.2. The van der Waals surface area contributed by atoms with Gasteiger partial charge < -0.3 is 34.5 Å². The lowest BCUT2D eigenvalue weighted by Gasteiger charge is -2.19. The van der Waals surface area contributed by atoms with Crippen LogP contribution in [0, 0.1) is 36.5 Å². The fourth-order valence-corrected chi connectivity index (χ4v) is 7.54. The smallest absolute Gasteiger partial charge is 0.142 e. The molecule has 0 aliphatic rings. The summed E-state index contributed by atoms with van der Waals surface area (Å²) in [6.45, 7) is 6.17. The lowest BCUT2D eigenvalue weighted by Crippen LogP contribution is -2.18. The van der Waals surface area contributed by atoms with Gasteiger partial charge in [-0.2, -0.15) is 10.5 Å². The lowest BCUT2D eigenvalue weighted by molar-refractivity contribution is 0.280. The molecule has 0 radical (unpaired) electrons. The van der Waals surface area contributed by atoms with Crippen molar-refractivity contribution in [3.63, 3.8) is 0 Å². The first-order valence-corrected chi connectivity index (χ1v) is 21.2. The molecule has 0 saturated heterocycles. The Hall–Kier alpha value is -6.04. The molecule has 9 nitrogen and oxygen atoms in total. The minimum atomic E-state index is -0.00104. The van der Waals surface area contributed by atoms with Crippen molar-refractivity contribution in [2.24, 2.45) is 0 Å². The van der Waals surface area contributed by atoms with E-state index in [1.54, 1.807) is 24.3 Å². The molecule has 0 aromatic heterocycles. The molecular formula is C51H49Cl2N3O6. The molecular weight excluding hydrogens is 821 g/mol. The van der Waals surface area contributed by atoms with Gasteiger partial charge in [0.15, 0.2) is 0 Å². The average molecular weight is 871 g/mol. The maximum atomic E-state index is 9.38. The Morgan fingerprint density at radius 3 is 1.52 bits per heavy atom. The van der Waals surface area contributed by atoms with Crippen molar-refractivity contribution in [3.05, 3.63) is 175 Å². The molecule has 0 bridgehead atoms. The molecule has 6 rings (SSSR count). The Labute approximate surface area is 373 Å². The van der Waals surface area contributed by atoms with Gasteiger partial charge in [-0.3, -0.25) is 0 Å². The molecule has 0 atom stereocenters. The average Bonchev–Trinajstić information content (AvgIpc) is 3.29. The van der Waals surface area contributed by atoms with Crippen molar-refractivity contribution in [3.8, 4) is 46.3 Å². The van der Waals surface area contributed by atoms with Crippen LogP contribution in [0.25, 0.3) is 11.1 Å². The van der Waals surface area contributed by atoms with Crippen LogP contribution in [0.4, 0.5) is 0 Å². The van der Waals surface area contributed by atoms with Crippen LogP contribution in [0.3, 0.4) is 0 Å². The predicted octanol–water partition coefficient (Wildman–Crippen LogP) is 10.7. The summed E-state index contributed by atoms with van der Waals surface area (Å²) in [7, 11) is 0. The van der Waals surface area contributed by atoms with Crippen LogP contribution in [0.1, 0.15) is 68.5 Å². The molecule has 6 aromatic rings. The zero-order valence-electron chi connectivity index (χ0n) is 34.8. The number of hydrogen-bond acceptors (Lipinski definition) is 9. The number of aliphatic hydroxyl groups excluding tert-OH is 2. The summed E-state index contributed by atoms with van der Waals surface area (Å²) < 4.78 is 25.3. The van der Waals surface area contributed by atoms with Gasteiger partial charge in [-0.25, -0.2) is 0 Å². The van der Waals surface area contributed by atoms with Crippen molar-refractivity contribution in [1.29, 1.82) is 10.5 Å². The largest absolute Gasteiger partial charge is 0.488 e. The van der Waals surface area contributed by atoms with Crippen molar-refractivity contribution in [2.75, 3.05) is 19.8 Å². The van der Waals surface area contributed by atoms with Crippen molar-refractivity contribution in [2.45, 2.75) is 66.1 Å². The van der Waals surface area contributed by atoms with Gasteiger partial charge in [0.25, 0.3) is 0 Å². The number of halogens is 2. The molecule has 0 aliphatic carbocycles. The topological polar surface area (TPSA) is 137 Å². The highest BCUT2D eigenvalue weighted by Crippen LogP contribution is 2.38. The highest BCUT2D eigenvalue weighted by Gasteiger charge is 2.17. The van der Waals surface area contributed by atoms with E-state index >= 15 is 0 Å². The van der Waals surface area contributed by atoms with Gasteiger partial charge in [0, 0.05) is 37.4 Å². The molecule has 0 amide bonds. The number of nitrogens with zero attached hydrogens (tertiary/aromatic N) is 2. The number of unbranched alkanes of at least 4 members (excludes halogenated alkanes) is 1. The zero-order chi connectivity index (χ0) is 43.8. The van der Waals surface area contributed by atoms with Crippen molar-refractivity contribution >= 4 is 23.2 Å². The Morgan fingerprint density at radius 1 is 0.532 bits per heavy atom. The predicted molar refractivity (Wildman–Crippen MR) is 243 cm³/mol. The highest BCUT2D eigenvalue weighted by atomic mass is 35.5. The second-order valence-corrected chi connectivity index (χ2v) is 15.6. The van der Waals surface area contributed by atoms with E-state index in [2.05, 4.69) is 43.4 Å². The number of rotatable bonds is 21. The first-order valence-electron chi connectivity index (χ1n) is 20.4. The van der Waals surface area contributed by atoms with E-state index in [1.807, 2.05) is 72.8 Å². The van der Waals surface area contributed by atoms with E-state index in [0.717, 1.165) is 62.1 Å². The molecule has 6 aromatic carbocycles. The Bertz CT molecular complexity index is 2390. The fraction of sp³-hybridized carbons (Fsp3) is 0.255. The van der Waals surface area contributed by atoms with Gasteiger partial charge >= 0.3 is 0 Å². The Morgan fingerprint density at radius 2 is 1.02 bits per heavy atom. The summed E-state index contributed by atoms with van der Waals surface area (Å²) in [5.41, 5.74) is 10.8. The third kappa shape index (κ3) is 12.1. The minimum Gasteiger partial charge on any atom is -0.488 e. The third-order valence-corrected chi connectivity index (χ3v) is 11.1. The van der Waals surface area contributed by atoms with Gasteiger partial charge in [-0.05, 0) is 120 Å². The molecule has 318 valence electrons. The van der Waals surface area contributed by atoms with Crippen LogP contribution in [0.2, 0.25) is 10.0 Å². The molecule has 0 aliphatic heterocycles. The normalized spacial score (nSPS) is 10.8. The lowest BCUT2D eigenvalue weighted by atomic mass is 9.92.